The summed E-state index contributed by atoms with van der Waals surface area (Å²) in [7, 11) is 1.58. The number of hydrogen-bond donors (Lipinski definition) is 1. The van der Waals surface area contributed by atoms with E-state index in [0.29, 0.717) is 11.3 Å². The number of nitrogens with zero attached hydrogens (tertiary/aromatic N) is 1. The average molecular weight is 266 g/mol. The van der Waals surface area contributed by atoms with E-state index in [1.165, 1.54) is 32.0 Å². The van der Waals surface area contributed by atoms with Crippen molar-refractivity contribution in [3.05, 3.63) is 29.6 Å². The molecule has 0 spiro atoms. The molecule has 1 fully saturated rings. The molecule has 2 rings (SSSR count). The second kappa shape index (κ2) is 6.87. The Bertz CT molecular complexity index is 405. The van der Waals surface area contributed by atoms with Gasteiger partial charge in [-0.15, -0.1) is 0 Å². The lowest BCUT2D eigenvalue weighted by Gasteiger charge is -2.20. The van der Waals surface area contributed by atoms with Gasteiger partial charge in [-0.25, -0.2) is 4.39 Å². The lowest BCUT2D eigenvalue weighted by molar-refractivity contribution is 0.326. The van der Waals surface area contributed by atoms with Gasteiger partial charge in [0.1, 0.15) is 11.6 Å². The fourth-order valence-corrected chi connectivity index (χ4v) is 2.66. The molecular formula is C15H23FN2O. The zero-order valence-corrected chi connectivity index (χ0v) is 11.8. The molecule has 4 heteroatoms. The van der Waals surface area contributed by atoms with Crippen LogP contribution in [0.3, 0.4) is 0 Å². The topological polar surface area (TPSA) is 24.5 Å². The van der Waals surface area contributed by atoms with E-state index in [-0.39, 0.29) is 11.9 Å². The summed E-state index contributed by atoms with van der Waals surface area (Å²) in [6.45, 7) is 6.27. The van der Waals surface area contributed by atoms with Gasteiger partial charge < -0.3 is 15.0 Å². The Morgan fingerprint density at radius 3 is 2.79 bits per heavy atom. The summed E-state index contributed by atoms with van der Waals surface area (Å²) in [6.07, 6.45) is 2.60. The number of rotatable bonds is 6. The Kier molecular flexibility index (Phi) is 5.16. The van der Waals surface area contributed by atoms with Crippen LogP contribution in [0, 0.1) is 5.82 Å². The van der Waals surface area contributed by atoms with Gasteiger partial charge in [0, 0.05) is 24.7 Å². The van der Waals surface area contributed by atoms with Gasteiger partial charge in [-0.3, -0.25) is 0 Å². The molecule has 1 saturated heterocycles. The summed E-state index contributed by atoms with van der Waals surface area (Å²) in [4.78, 5) is 2.44. The maximum atomic E-state index is 13.9. The lowest BCUT2D eigenvalue weighted by atomic mass is 10.1. The maximum Gasteiger partial charge on any atom is 0.131 e. The first-order chi connectivity index (χ1) is 9.22. The minimum absolute atomic E-state index is 0.0428. The largest absolute Gasteiger partial charge is 0.496 e. The highest BCUT2D eigenvalue weighted by Gasteiger charge is 2.16. The van der Waals surface area contributed by atoms with E-state index in [0.717, 1.165) is 13.1 Å². The van der Waals surface area contributed by atoms with Crippen LogP contribution in [0.25, 0.3) is 0 Å². The van der Waals surface area contributed by atoms with Gasteiger partial charge in [-0.05, 0) is 45.0 Å². The van der Waals surface area contributed by atoms with E-state index in [1.807, 2.05) is 6.92 Å². The van der Waals surface area contributed by atoms with Crippen LogP contribution in [-0.4, -0.2) is 38.2 Å². The predicted octanol–water partition coefficient (Wildman–Crippen LogP) is 2.58. The Balaban J connectivity index is 1.90. The molecule has 1 N–H and O–H groups in total. The number of likely N-dealkylation sites (tertiary alicyclic amines) is 1. The van der Waals surface area contributed by atoms with Crippen LogP contribution in [0.1, 0.15) is 31.4 Å². The third-order valence-electron chi connectivity index (χ3n) is 3.74. The number of benzene rings is 1. The van der Waals surface area contributed by atoms with Crippen LogP contribution in [0.2, 0.25) is 0 Å². The first-order valence-electron chi connectivity index (χ1n) is 7.00. The van der Waals surface area contributed by atoms with Gasteiger partial charge in [0.25, 0.3) is 0 Å². The molecule has 1 atom stereocenters. The lowest BCUT2D eigenvalue weighted by Crippen LogP contribution is -2.31. The monoisotopic (exact) mass is 266 g/mol. The fraction of sp³-hybridized carbons (Fsp3) is 0.600. The summed E-state index contributed by atoms with van der Waals surface area (Å²) in [5, 5.41) is 3.38. The van der Waals surface area contributed by atoms with Gasteiger partial charge in [0.15, 0.2) is 0 Å². The minimum atomic E-state index is -0.208. The zero-order chi connectivity index (χ0) is 13.7. The van der Waals surface area contributed by atoms with Crippen molar-refractivity contribution in [1.82, 2.24) is 10.2 Å². The number of halogens is 1. The van der Waals surface area contributed by atoms with E-state index in [1.54, 1.807) is 19.2 Å². The van der Waals surface area contributed by atoms with E-state index in [4.69, 9.17) is 4.74 Å². The second-order valence-corrected chi connectivity index (χ2v) is 5.08. The van der Waals surface area contributed by atoms with Crippen LogP contribution >= 0.6 is 0 Å². The van der Waals surface area contributed by atoms with Gasteiger partial charge in [0.05, 0.1) is 7.11 Å². The van der Waals surface area contributed by atoms with Crippen molar-refractivity contribution in [2.24, 2.45) is 0 Å². The molecule has 1 aromatic carbocycles. The fourth-order valence-electron chi connectivity index (χ4n) is 2.66. The molecular weight excluding hydrogens is 243 g/mol. The number of nitrogens with one attached hydrogen (secondary N) is 1. The molecule has 1 aliphatic heterocycles. The Morgan fingerprint density at radius 1 is 1.37 bits per heavy atom. The van der Waals surface area contributed by atoms with E-state index in [2.05, 4.69) is 10.2 Å². The molecule has 0 aromatic heterocycles. The van der Waals surface area contributed by atoms with Crippen molar-refractivity contribution >= 4 is 0 Å². The predicted molar refractivity (Wildman–Crippen MR) is 75.0 cm³/mol. The van der Waals surface area contributed by atoms with Crippen molar-refractivity contribution < 1.29 is 9.13 Å². The smallest absolute Gasteiger partial charge is 0.131 e. The molecule has 1 aliphatic rings. The Morgan fingerprint density at radius 2 is 2.11 bits per heavy atom. The van der Waals surface area contributed by atoms with Crippen LogP contribution in [-0.2, 0) is 0 Å². The van der Waals surface area contributed by atoms with Crippen molar-refractivity contribution in [2.45, 2.75) is 25.8 Å². The Hall–Kier alpha value is -1.13. The highest BCUT2D eigenvalue weighted by atomic mass is 19.1. The van der Waals surface area contributed by atoms with Crippen LogP contribution in [0.15, 0.2) is 18.2 Å². The molecule has 1 unspecified atom stereocenters. The molecule has 3 nitrogen and oxygen atoms in total. The molecule has 0 bridgehead atoms. The van der Waals surface area contributed by atoms with E-state index >= 15 is 0 Å². The van der Waals surface area contributed by atoms with Crippen molar-refractivity contribution in [1.29, 1.82) is 0 Å². The molecule has 0 saturated carbocycles. The highest BCUT2D eigenvalue weighted by molar-refractivity contribution is 5.36. The molecule has 0 aliphatic carbocycles. The minimum Gasteiger partial charge on any atom is -0.496 e. The summed E-state index contributed by atoms with van der Waals surface area (Å²) in [5.41, 5.74) is 0.617. The van der Waals surface area contributed by atoms with Gasteiger partial charge in [-0.1, -0.05) is 6.07 Å². The molecule has 106 valence electrons. The number of ether oxygens (including phenoxy) is 1. The van der Waals surface area contributed by atoms with Gasteiger partial charge in [-0.2, -0.15) is 0 Å². The first-order valence-corrected chi connectivity index (χ1v) is 7.00. The number of methoxy groups -OCH3 is 1. The van der Waals surface area contributed by atoms with Gasteiger partial charge >= 0.3 is 0 Å². The first kappa shape index (κ1) is 14.3. The maximum absolute atomic E-state index is 13.9. The molecule has 0 amide bonds. The van der Waals surface area contributed by atoms with E-state index < -0.39 is 0 Å². The molecule has 19 heavy (non-hydrogen) atoms. The highest BCUT2D eigenvalue weighted by Crippen LogP contribution is 2.27. The second-order valence-electron chi connectivity index (χ2n) is 5.08. The van der Waals surface area contributed by atoms with Crippen molar-refractivity contribution in [3.63, 3.8) is 0 Å². The summed E-state index contributed by atoms with van der Waals surface area (Å²) in [6, 6.07) is 4.92. The Labute approximate surface area is 114 Å². The normalized spacial score (nSPS) is 17.6. The molecule has 1 aromatic rings. The molecule has 1 heterocycles. The summed E-state index contributed by atoms with van der Waals surface area (Å²) in [5.74, 6) is 0.404. The number of hydrogen-bond acceptors (Lipinski definition) is 3. The van der Waals surface area contributed by atoms with Crippen molar-refractivity contribution in [2.75, 3.05) is 33.3 Å². The third-order valence-corrected chi connectivity index (χ3v) is 3.74. The summed E-state index contributed by atoms with van der Waals surface area (Å²) < 4.78 is 19.1. The third kappa shape index (κ3) is 3.67. The molecule has 0 radical (unpaired) electrons. The van der Waals surface area contributed by atoms with E-state index in [9.17, 15) is 4.39 Å². The van der Waals surface area contributed by atoms with Gasteiger partial charge in [0.2, 0.25) is 0 Å². The van der Waals surface area contributed by atoms with Crippen LogP contribution in [0.4, 0.5) is 4.39 Å². The van der Waals surface area contributed by atoms with Crippen LogP contribution < -0.4 is 10.1 Å². The van der Waals surface area contributed by atoms with Crippen LogP contribution in [0.5, 0.6) is 5.75 Å². The zero-order valence-electron chi connectivity index (χ0n) is 11.8. The summed E-state index contributed by atoms with van der Waals surface area (Å²) >= 11 is 0. The standard InChI is InChI=1S/C15H23FN2O/c1-12(17-8-11-18-9-3-4-10-18)15-13(16)6-5-7-14(15)19-2/h5-7,12,17H,3-4,8-11H2,1-2H3. The quantitative estimate of drug-likeness (QED) is 0.856. The SMILES string of the molecule is COc1cccc(F)c1C(C)NCCN1CCCC1. The average Bonchev–Trinajstić information content (AvgIpc) is 2.91. The van der Waals surface area contributed by atoms with Crippen molar-refractivity contribution in [3.8, 4) is 5.75 Å².